The van der Waals surface area contributed by atoms with Gasteiger partial charge in [0.05, 0.1) is 23.2 Å². The summed E-state index contributed by atoms with van der Waals surface area (Å²) in [4.78, 5) is 25.5. The number of nitrogens with one attached hydrogen (secondary N) is 2. The third-order valence-corrected chi connectivity index (χ3v) is 6.22. The van der Waals surface area contributed by atoms with Crippen molar-refractivity contribution in [3.05, 3.63) is 94.5 Å². The molecule has 0 saturated carbocycles. The van der Waals surface area contributed by atoms with Crippen LogP contribution in [0.2, 0.25) is 5.02 Å². The van der Waals surface area contributed by atoms with Gasteiger partial charge in [0, 0.05) is 11.6 Å². The number of benzene rings is 3. The number of anilines is 2. The molecule has 9 heteroatoms. The lowest BCUT2D eigenvalue weighted by molar-refractivity contribution is -0.114. The standard InChI is InChI=1S/C24H24ClN3O4S/c1-17-14-19(25)12-13-22(17)28(33(2,31)32)16-23(29)27-21-11-7-6-10-20(21)24(30)26-15-18-8-4-3-5-9-18/h3-14H,15-16H2,1-2H3,(H,26,30)(H,27,29). The van der Waals surface area contributed by atoms with Gasteiger partial charge in [0.25, 0.3) is 5.91 Å². The molecule has 7 nitrogen and oxygen atoms in total. The van der Waals surface area contributed by atoms with Crippen LogP contribution < -0.4 is 14.9 Å². The fourth-order valence-electron chi connectivity index (χ4n) is 3.26. The number of rotatable bonds is 8. The molecule has 0 saturated heterocycles. The maximum atomic E-state index is 12.8. The lowest BCUT2D eigenvalue weighted by atomic mass is 10.1. The van der Waals surface area contributed by atoms with Gasteiger partial charge in [-0.15, -0.1) is 0 Å². The summed E-state index contributed by atoms with van der Waals surface area (Å²) in [5, 5.41) is 5.95. The van der Waals surface area contributed by atoms with Gasteiger partial charge in [-0.05, 0) is 48.4 Å². The Labute approximate surface area is 198 Å². The molecule has 0 heterocycles. The Morgan fingerprint density at radius 1 is 0.970 bits per heavy atom. The van der Waals surface area contributed by atoms with Crippen molar-refractivity contribution in [3.63, 3.8) is 0 Å². The number of nitrogens with zero attached hydrogens (tertiary/aromatic N) is 1. The molecule has 0 atom stereocenters. The Morgan fingerprint density at radius 2 is 1.64 bits per heavy atom. The molecule has 0 radical (unpaired) electrons. The van der Waals surface area contributed by atoms with Gasteiger partial charge in [0.1, 0.15) is 6.54 Å². The number of sulfonamides is 1. The van der Waals surface area contributed by atoms with E-state index in [-0.39, 0.29) is 17.2 Å². The average Bonchev–Trinajstić information content (AvgIpc) is 2.77. The number of hydrogen-bond acceptors (Lipinski definition) is 4. The van der Waals surface area contributed by atoms with Crippen LogP contribution in [0.15, 0.2) is 72.8 Å². The minimum absolute atomic E-state index is 0.273. The van der Waals surface area contributed by atoms with E-state index < -0.39 is 22.5 Å². The van der Waals surface area contributed by atoms with E-state index in [4.69, 9.17) is 11.6 Å². The fraction of sp³-hybridized carbons (Fsp3) is 0.167. The van der Waals surface area contributed by atoms with E-state index in [1.807, 2.05) is 30.3 Å². The third kappa shape index (κ3) is 6.57. The first-order valence-electron chi connectivity index (χ1n) is 10.1. The SMILES string of the molecule is Cc1cc(Cl)ccc1N(CC(=O)Nc1ccccc1C(=O)NCc1ccccc1)S(C)(=O)=O. The Morgan fingerprint density at radius 3 is 2.30 bits per heavy atom. The van der Waals surface area contributed by atoms with Gasteiger partial charge in [0.2, 0.25) is 15.9 Å². The van der Waals surface area contributed by atoms with Crippen LogP contribution in [-0.4, -0.2) is 33.0 Å². The molecular formula is C24H24ClN3O4S. The third-order valence-electron chi connectivity index (χ3n) is 4.86. The number of hydrogen-bond donors (Lipinski definition) is 2. The fourth-order valence-corrected chi connectivity index (χ4v) is 4.40. The molecule has 3 aromatic carbocycles. The molecule has 0 unspecified atom stereocenters. The second-order valence-corrected chi connectivity index (χ2v) is 9.81. The molecule has 0 aliphatic rings. The maximum Gasteiger partial charge on any atom is 0.253 e. The van der Waals surface area contributed by atoms with Crippen LogP contribution in [0.5, 0.6) is 0 Å². The van der Waals surface area contributed by atoms with Gasteiger partial charge in [-0.2, -0.15) is 0 Å². The minimum Gasteiger partial charge on any atom is -0.348 e. The summed E-state index contributed by atoms with van der Waals surface area (Å²) in [6.45, 7) is 1.59. The van der Waals surface area contributed by atoms with E-state index in [0.29, 0.717) is 22.8 Å². The van der Waals surface area contributed by atoms with Crippen molar-refractivity contribution < 1.29 is 18.0 Å². The van der Waals surface area contributed by atoms with Crippen molar-refractivity contribution >= 4 is 44.8 Å². The summed E-state index contributed by atoms with van der Waals surface area (Å²) in [7, 11) is -3.76. The topological polar surface area (TPSA) is 95.6 Å². The number of aryl methyl sites for hydroxylation is 1. The summed E-state index contributed by atoms with van der Waals surface area (Å²) in [5.41, 5.74) is 2.46. The van der Waals surface area contributed by atoms with Gasteiger partial charge in [-0.25, -0.2) is 8.42 Å². The van der Waals surface area contributed by atoms with Gasteiger partial charge < -0.3 is 10.6 Å². The van der Waals surface area contributed by atoms with Crippen LogP contribution in [0.3, 0.4) is 0 Å². The minimum atomic E-state index is -3.76. The molecule has 0 spiro atoms. The molecule has 0 bridgehead atoms. The number of halogens is 1. The number of carbonyl (C=O) groups excluding carboxylic acids is 2. The summed E-state index contributed by atoms with van der Waals surface area (Å²) in [5.74, 6) is -0.943. The molecule has 33 heavy (non-hydrogen) atoms. The van der Waals surface area contributed by atoms with Gasteiger partial charge in [-0.3, -0.25) is 13.9 Å². The molecule has 3 aromatic rings. The molecule has 172 valence electrons. The normalized spacial score (nSPS) is 11.0. The van der Waals surface area contributed by atoms with E-state index in [0.717, 1.165) is 16.1 Å². The molecule has 2 amide bonds. The second kappa shape index (κ2) is 10.5. The maximum absolute atomic E-state index is 12.8. The Hall–Kier alpha value is -3.36. The molecule has 0 fully saturated rings. The molecular weight excluding hydrogens is 462 g/mol. The van der Waals surface area contributed by atoms with E-state index in [1.165, 1.54) is 0 Å². The Kier molecular flexibility index (Phi) is 7.73. The van der Waals surface area contributed by atoms with Gasteiger partial charge >= 0.3 is 0 Å². The van der Waals surface area contributed by atoms with Crippen molar-refractivity contribution in [2.45, 2.75) is 13.5 Å². The van der Waals surface area contributed by atoms with Crippen LogP contribution in [0.4, 0.5) is 11.4 Å². The number of amides is 2. The Bertz CT molecular complexity index is 1260. The van der Waals surface area contributed by atoms with Crippen LogP contribution >= 0.6 is 11.6 Å². The van der Waals surface area contributed by atoms with E-state index in [1.54, 1.807) is 49.4 Å². The zero-order valence-electron chi connectivity index (χ0n) is 18.2. The largest absolute Gasteiger partial charge is 0.348 e. The quantitative estimate of drug-likeness (QED) is 0.504. The first-order chi connectivity index (χ1) is 15.6. The predicted molar refractivity (Wildman–Crippen MR) is 131 cm³/mol. The predicted octanol–water partition coefficient (Wildman–Crippen LogP) is 3.98. The molecule has 0 aliphatic carbocycles. The van der Waals surface area contributed by atoms with Crippen LogP contribution in [-0.2, 0) is 21.4 Å². The number of para-hydroxylation sites is 1. The van der Waals surface area contributed by atoms with Crippen molar-refractivity contribution in [3.8, 4) is 0 Å². The average molecular weight is 486 g/mol. The van der Waals surface area contributed by atoms with Gasteiger partial charge in [-0.1, -0.05) is 54.1 Å². The highest BCUT2D eigenvalue weighted by Crippen LogP contribution is 2.25. The van der Waals surface area contributed by atoms with Crippen molar-refractivity contribution in [2.75, 3.05) is 22.4 Å². The van der Waals surface area contributed by atoms with Crippen molar-refractivity contribution in [2.24, 2.45) is 0 Å². The van der Waals surface area contributed by atoms with Crippen molar-refractivity contribution in [1.82, 2.24) is 5.32 Å². The lowest BCUT2D eigenvalue weighted by Crippen LogP contribution is -2.38. The van der Waals surface area contributed by atoms with Gasteiger partial charge in [0.15, 0.2) is 0 Å². The number of carbonyl (C=O) groups is 2. The first kappa shape index (κ1) is 24.3. The Balaban J connectivity index is 1.76. The molecule has 3 rings (SSSR count). The second-order valence-electron chi connectivity index (χ2n) is 7.46. The molecule has 0 aliphatic heterocycles. The summed E-state index contributed by atoms with van der Waals surface area (Å²) >= 11 is 5.98. The van der Waals surface area contributed by atoms with E-state index in [2.05, 4.69) is 10.6 Å². The zero-order valence-corrected chi connectivity index (χ0v) is 19.8. The summed E-state index contributed by atoms with van der Waals surface area (Å²) < 4.78 is 25.8. The monoisotopic (exact) mass is 485 g/mol. The summed E-state index contributed by atoms with van der Waals surface area (Å²) in [6, 6.07) is 20.7. The smallest absolute Gasteiger partial charge is 0.253 e. The van der Waals surface area contributed by atoms with Crippen LogP contribution in [0, 0.1) is 6.92 Å². The lowest BCUT2D eigenvalue weighted by Gasteiger charge is -2.24. The highest BCUT2D eigenvalue weighted by molar-refractivity contribution is 7.92. The first-order valence-corrected chi connectivity index (χ1v) is 12.3. The van der Waals surface area contributed by atoms with Crippen molar-refractivity contribution in [1.29, 1.82) is 0 Å². The molecule has 2 N–H and O–H groups in total. The highest BCUT2D eigenvalue weighted by atomic mass is 35.5. The zero-order chi connectivity index (χ0) is 24.0. The van der Waals surface area contributed by atoms with E-state index >= 15 is 0 Å². The van der Waals surface area contributed by atoms with Crippen LogP contribution in [0.1, 0.15) is 21.5 Å². The molecule has 0 aromatic heterocycles. The van der Waals surface area contributed by atoms with Crippen LogP contribution in [0.25, 0.3) is 0 Å². The summed E-state index contributed by atoms with van der Waals surface area (Å²) in [6.07, 6.45) is 1.03. The van der Waals surface area contributed by atoms with E-state index in [9.17, 15) is 18.0 Å². The highest BCUT2D eigenvalue weighted by Gasteiger charge is 2.23.